The average molecular weight is 289 g/mol. The Bertz CT molecular complexity index is 489. The van der Waals surface area contributed by atoms with Crippen molar-refractivity contribution >= 4 is 17.5 Å². The fraction of sp³-hybridized carbons (Fsp3) is 0.333. The van der Waals surface area contributed by atoms with Crippen LogP contribution in [0.15, 0.2) is 24.3 Å². The van der Waals surface area contributed by atoms with E-state index in [-0.39, 0.29) is 24.7 Å². The molecule has 20 heavy (non-hydrogen) atoms. The Balaban J connectivity index is 2.52. The number of alkyl halides is 3. The summed E-state index contributed by atoms with van der Waals surface area (Å²) in [5.41, 5.74) is -0.791. The van der Waals surface area contributed by atoms with Crippen LogP contribution < -0.4 is 16.0 Å². The minimum Gasteiger partial charge on any atom is -0.358 e. The van der Waals surface area contributed by atoms with Crippen molar-refractivity contribution in [3.8, 4) is 0 Å². The van der Waals surface area contributed by atoms with Crippen LogP contribution in [-0.2, 0) is 15.8 Å². The van der Waals surface area contributed by atoms with E-state index in [0.717, 1.165) is 12.1 Å². The molecule has 5 nitrogen and oxygen atoms in total. The molecule has 1 aromatic carbocycles. The highest BCUT2D eigenvalue weighted by molar-refractivity contribution is 5.92. The predicted octanol–water partition coefficient (Wildman–Crippen LogP) is 0.980. The fourth-order valence-corrected chi connectivity index (χ4v) is 1.36. The van der Waals surface area contributed by atoms with Crippen molar-refractivity contribution in [2.45, 2.75) is 6.18 Å². The van der Waals surface area contributed by atoms with Crippen LogP contribution in [0, 0.1) is 0 Å². The molecule has 0 radical (unpaired) electrons. The second-order valence-corrected chi connectivity index (χ2v) is 3.90. The van der Waals surface area contributed by atoms with Gasteiger partial charge in [-0.15, -0.1) is 0 Å². The van der Waals surface area contributed by atoms with Gasteiger partial charge in [-0.25, -0.2) is 0 Å². The molecule has 0 aliphatic rings. The maximum absolute atomic E-state index is 12.5. The molecule has 0 spiro atoms. The average Bonchev–Trinajstić information content (AvgIpc) is 2.37. The van der Waals surface area contributed by atoms with Gasteiger partial charge in [0.2, 0.25) is 11.8 Å². The molecule has 0 unspecified atom stereocenters. The van der Waals surface area contributed by atoms with E-state index in [1.165, 1.54) is 19.2 Å². The zero-order valence-corrected chi connectivity index (χ0v) is 10.7. The van der Waals surface area contributed by atoms with Crippen molar-refractivity contribution in [1.82, 2.24) is 10.6 Å². The van der Waals surface area contributed by atoms with Crippen molar-refractivity contribution in [1.29, 1.82) is 0 Å². The van der Waals surface area contributed by atoms with Crippen molar-refractivity contribution in [2.24, 2.45) is 0 Å². The summed E-state index contributed by atoms with van der Waals surface area (Å²) in [6.45, 7) is -0.226. The van der Waals surface area contributed by atoms with E-state index >= 15 is 0 Å². The zero-order chi connectivity index (χ0) is 15.2. The third kappa shape index (κ3) is 5.27. The summed E-state index contributed by atoms with van der Waals surface area (Å²) in [7, 11) is 1.45. The van der Waals surface area contributed by atoms with Crippen LogP contribution in [0.1, 0.15) is 5.56 Å². The molecule has 1 aromatic rings. The minimum atomic E-state index is -4.46. The Morgan fingerprint density at radius 1 is 1.15 bits per heavy atom. The largest absolute Gasteiger partial charge is 0.416 e. The highest BCUT2D eigenvalue weighted by atomic mass is 19.4. The van der Waals surface area contributed by atoms with Crippen molar-refractivity contribution < 1.29 is 22.8 Å². The molecule has 0 atom stereocenters. The molecule has 0 bridgehead atoms. The topological polar surface area (TPSA) is 70.2 Å². The zero-order valence-electron chi connectivity index (χ0n) is 10.7. The van der Waals surface area contributed by atoms with Gasteiger partial charge >= 0.3 is 6.18 Å². The third-order valence-corrected chi connectivity index (χ3v) is 2.32. The van der Waals surface area contributed by atoms with E-state index in [9.17, 15) is 22.8 Å². The molecule has 0 aromatic heterocycles. The van der Waals surface area contributed by atoms with Crippen LogP contribution in [0.5, 0.6) is 0 Å². The number of carbonyl (C=O) groups excluding carboxylic acids is 2. The van der Waals surface area contributed by atoms with Gasteiger partial charge in [0.15, 0.2) is 0 Å². The summed E-state index contributed by atoms with van der Waals surface area (Å²) in [6.07, 6.45) is -4.46. The van der Waals surface area contributed by atoms with Gasteiger partial charge in [-0.3, -0.25) is 14.9 Å². The SMILES string of the molecule is CNC(=O)CNCC(=O)Nc1cccc(C(F)(F)F)c1. The number of anilines is 1. The quantitative estimate of drug-likeness (QED) is 0.757. The van der Waals surface area contributed by atoms with Gasteiger partial charge in [-0.1, -0.05) is 6.07 Å². The van der Waals surface area contributed by atoms with Crippen LogP contribution in [0.25, 0.3) is 0 Å². The van der Waals surface area contributed by atoms with Gasteiger partial charge in [0.25, 0.3) is 0 Å². The van der Waals surface area contributed by atoms with Gasteiger partial charge in [0.1, 0.15) is 0 Å². The first-order valence-electron chi connectivity index (χ1n) is 5.71. The van der Waals surface area contributed by atoms with E-state index in [1.807, 2.05) is 0 Å². The molecular weight excluding hydrogens is 275 g/mol. The monoisotopic (exact) mass is 289 g/mol. The van der Waals surface area contributed by atoms with Gasteiger partial charge < -0.3 is 10.6 Å². The van der Waals surface area contributed by atoms with Crippen molar-refractivity contribution in [2.75, 3.05) is 25.5 Å². The first kappa shape index (κ1) is 16.0. The van der Waals surface area contributed by atoms with Gasteiger partial charge in [-0.05, 0) is 18.2 Å². The maximum Gasteiger partial charge on any atom is 0.416 e. The summed E-state index contributed by atoms with van der Waals surface area (Å²) < 4.78 is 37.4. The van der Waals surface area contributed by atoms with Crippen LogP contribution in [-0.4, -0.2) is 32.0 Å². The Labute approximate surface area is 113 Å². The van der Waals surface area contributed by atoms with E-state index in [2.05, 4.69) is 16.0 Å². The van der Waals surface area contributed by atoms with Crippen LogP contribution in [0.3, 0.4) is 0 Å². The number of nitrogens with one attached hydrogen (secondary N) is 3. The van der Waals surface area contributed by atoms with Crippen molar-refractivity contribution in [3.05, 3.63) is 29.8 Å². The number of hydrogen-bond acceptors (Lipinski definition) is 3. The summed E-state index contributed by atoms with van der Waals surface area (Å²) in [5.74, 6) is -0.829. The maximum atomic E-state index is 12.5. The first-order chi connectivity index (χ1) is 9.32. The van der Waals surface area contributed by atoms with Crippen molar-refractivity contribution in [3.63, 3.8) is 0 Å². The lowest BCUT2D eigenvalue weighted by atomic mass is 10.2. The molecular formula is C12H14F3N3O2. The fourth-order valence-electron chi connectivity index (χ4n) is 1.36. The number of hydrogen-bond donors (Lipinski definition) is 3. The molecule has 3 N–H and O–H groups in total. The molecule has 0 aliphatic heterocycles. The molecule has 110 valence electrons. The number of halogens is 3. The molecule has 2 amide bonds. The van der Waals surface area contributed by atoms with Crippen LogP contribution in [0.4, 0.5) is 18.9 Å². The smallest absolute Gasteiger partial charge is 0.358 e. The Kier molecular flexibility index (Phi) is 5.51. The number of rotatable bonds is 5. The molecule has 0 saturated carbocycles. The second-order valence-electron chi connectivity index (χ2n) is 3.90. The summed E-state index contributed by atoms with van der Waals surface area (Å²) >= 11 is 0. The lowest BCUT2D eigenvalue weighted by molar-refractivity contribution is -0.137. The predicted molar refractivity (Wildman–Crippen MR) is 67.0 cm³/mol. The van der Waals surface area contributed by atoms with Gasteiger partial charge in [0, 0.05) is 12.7 Å². The second kappa shape index (κ2) is 6.90. The molecule has 0 aliphatic carbocycles. The Morgan fingerprint density at radius 2 is 1.80 bits per heavy atom. The Morgan fingerprint density at radius 3 is 2.40 bits per heavy atom. The number of carbonyl (C=O) groups is 2. The van der Waals surface area contributed by atoms with E-state index in [4.69, 9.17) is 0 Å². The molecule has 1 rings (SSSR count). The lowest BCUT2D eigenvalue weighted by Crippen LogP contribution is -2.36. The standard InChI is InChI=1S/C12H14F3N3O2/c1-16-10(19)6-17-7-11(20)18-9-4-2-3-8(5-9)12(13,14)15/h2-5,17H,6-7H2,1H3,(H,16,19)(H,18,20). The van der Waals surface area contributed by atoms with Crippen LogP contribution in [0.2, 0.25) is 0 Å². The Hall–Kier alpha value is -2.09. The summed E-state index contributed by atoms with van der Waals surface area (Å²) in [6, 6.07) is 4.32. The molecule has 0 heterocycles. The lowest BCUT2D eigenvalue weighted by Gasteiger charge is -2.10. The van der Waals surface area contributed by atoms with E-state index in [0.29, 0.717) is 0 Å². The first-order valence-corrected chi connectivity index (χ1v) is 5.71. The molecule has 0 fully saturated rings. The van der Waals surface area contributed by atoms with E-state index in [1.54, 1.807) is 0 Å². The molecule has 0 saturated heterocycles. The number of likely N-dealkylation sites (N-methyl/N-ethyl adjacent to an activating group) is 1. The highest BCUT2D eigenvalue weighted by Gasteiger charge is 2.30. The number of benzene rings is 1. The summed E-state index contributed by atoms with van der Waals surface area (Å²) in [4.78, 5) is 22.3. The minimum absolute atomic E-state index is 0.0477. The van der Waals surface area contributed by atoms with E-state index < -0.39 is 17.6 Å². The highest BCUT2D eigenvalue weighted by Crippen LogP contribution is 2.30. The van der Waals surface area contributed by atoms with Crippen LogP contribution >= 0.6 is 0 Å². The number of amides is 2. The summed E-state index contributed by atoms with van der Waals surface area (Å²) in [5, 5.41) is 7.22. The molecule has 8 heteroatoms. The normalized spacial score (nSPS) is 11.0. The third-order valence-electron chi connectivity index (χ3n) is 2.32. The van der Waals surface area contributed by atoms with Gasteiger partial charge in [-0.2, -0.15) is 13.2 Å². The van der Waals surface area contributed by atoms with Gasteiger partial charge in [0.05, 0.1) is 18.7 Å².